The molecular weight excluding hydrogens is 333 g/mol. The summed E-state index contributed by atoms with van der Waals surface area (Å²) < 4.78 is 17.9. The van der Waals surface area contributed by atoms with E-state index < -0.39 is 0 Å². The molecular formula is C17H23ClFN3O2. The van der Waals surface area contributed by atoms with Crippen LogP contribution in [0.25, 0.3) is 0 Å². The average molecular weight is 356 g/mol. The number of esters is 1. The van der Waals surface area contributed by atoms with E-state index in [0.29, 0.717) is 24.5 Å². The van der Waals surface area contributed by atoms with E-state index >= 15 is 0 Å². The summed E-state index contributed by atoms with van der Waals surface area (Å²) in [4.78, 5) is 18.1. The second kappa shape index (κ2) is 8.33. The van der Waals surface area contributed by atoms with E-state index in [1.165, 1.54) is 19.2 Å². The van der Waals surface area contributed by atoms with Crippen LogP contribution in [0.3, 0.4) is 0 Å². The summed E-state index contributed by atoms with van der Waals surface area (Å²) in [6, 6.07) is 4.40. The fourth-order valence-electron chi connectivity index (χ4n) is 2.96. The molecule has 1 aromatic rings. The maximum Gasteiger partial charge on any atom is 0.310 e. The summed E-state index contributed by atoms with van der Waals surface area (Å²) in [6.45, 7) is 3.99. The molecule has 1 saturated heterocycles. The Morgan fingerprint density at radius 1 is 1.50 bits per heavy atom. The van der Waals surface area contributed by atoms with E-state index in [-0.39, 0.29) is 23.6 Å². The summed E-state index contributed by atoms with van der Waals surface area (Å²) in [6.07, 6.45) is 0.655. The number of carbonyl (C=O) groups excluding carboxylic acids is 1. The van der Waals surface area contributed by atoms with Gasteiger partial charge in [-0.05, 0) is 30.0 Å². The van der Waals surface area contributed by atoms with Crippen LogP contribution in [-0.2, 0) is 16.0 Å². The Kier molecular flexibility index (Phi) is 6.43. The highest BCUT2D eigenvalue weighted by atomic mass is 35.5. The molecule has 2 rings (SSSR count). The molecule has 1 fully saturated rings. The lowest BCUT2D eigenvalue weighted by atomic mass is 9.99. The van der Waals surface area contributed by atoms with Gasteiger partial charge in [-0.15, -0.1) is 0 Å². The van der Waals surface area contributed by atoms with Gasteiger partial charge in [0.15, 0.2) is 5.96 Å². The third-order valence-corrected chi connectivity index (χ3v) is 4.67. The first-order chi connectivity index (χ1) is 11.5. The van der Waals surface area contributed by atoms with Crippen molar-refractivity contribution in [3.05, 3.63) is 34.6 Å². The molecule has 1 aliphatic heterocycles. The molecule has 0 aromatic heterocycles. The van der Waals surface area contributed by atoms with Gasteiger partial charge in [0.2, 0.25) is 0 Å². The number of carbonyl (C=O) groups is 1. The van der Waals surface area contributed by atoms with E-state index in [2.05, 4.69) is 15.2 Å². The van der Waals surface area contributed by atoms with Crippen molar-refractivity contribution in [2.24, 2.45) is 16.8 Å². The molecule has 0 spiro atoms. The number of nitrogens with zero attached hydrogens (tertiary/aromatic N) is 2. The summed E-state index contributed by atoms with van der Waals surface area (Å²) in [5.41, 5.74) is 0.878. The van der Waals surface area contributed by atoms with Gasteiger partial charge in [-0.1, -0.05) is 24.6 Å². The minimum Gasteiger partial charge on any atom is -0.469 e. The second-order valence-corrected chi connectivity index (χ2v) is 6.38. The highest BCUT2D eigenvalue weighted by molar-refractivity contribution is 6.31. The molecule has 2 unspecified atom stereocenters. The maximum absolute atomic E-state index is 13.1. The van der Waals surface area contributed by atoms with E-state index in [1.54, 1.807) is 13.1 Å². The standard InChI is InChI=1S/C17H23ClFN3O2/c1-11-9-22(10-14(11)16(23)24-3)17(20-2)21-7-6-12-4-5-13(19)8-15(12)18/h4-5,8,11,14H,6-7,9-10H2,1-3H3,(H,20,21). The van der Waals surface area contributed by atoms with E-state index in [1.807, 2.05) is 6.92 Å². The van der Waals surface area contributed by atoms with E-state index in [4.69, 9.17) is 16.3 Å². The quantitative estimate of drug-likeness (QED) is 0.511. The summed E-state index contributed by atoms with van der Waals surface area (Å²) in [5, 5.41) is 3.69. The number of halogens is 2. The molecule has 0 amide bonds. The maximum atomic E-state index is 13.1. The van der Waals surface area contributed by atoms with Crippen LogP contribution in [0.2, 0.25) is 5.02 Å². The Labute approximate surface area is 146 Å². The number of likely N-dealkylation sites (tertiary alicyclic amines) is 1. The molecule has 0 radical (unpaired) electrons. The number of hydrogen-bond donors (Lipinski definition) is 1. The van der Waals surface area contributed by atoms with Crippen LogP contribution in [0.15, 0.2) is 23.2 Å². The van der Waals surface area contributed by atoms with Crippen molar-refractivity contribution in [1.82, 2.24) is 10.2 Å². The van der Waals surface area contributed by atoms with Gasteiger partial charge >= 0.3 is 5.97 Å². The number of guanidine groups is 1. The van der Waals surface area contributed by atoms with Crippen LogP contribution < -0.4 is 5.32 Å². The van der Waals surface area contributed by atoms with Gasteiger partial charge in [-0.3, -0.25) is 9.79 Å². The van der Waals surface area contributed by atoms with Crippen LogP contribution in [-0.4, -0.2) is 50.6 Å². The summed E-state index contributed by atoms with van der Waals surface area (Å²) in [7, 11) is 3.13. The van der Waals surface area contributed by atoms with Crippen molar-refractivity contribution in [1.29, 1.82) is 0 Å². The lowest BCUT2D eigenvalue weighted by Crippen LogP contribution is -2.41. The lowest BCUT2D eigenvalue weighted by Gasteiger charge is -2.21. The summed E-state index contributed by atoms with van der Waals surface area (Å²) in [5.74, 6) is 0.292. The highest BCUT2D eigenvalue weighted by Crippen LogP contribution is 2.24. The zero-order chi connectivity index (χ0) is 17.7. The smallest absolute Gasteiger partial charge is 0.310 e. The van der Waals surface area contributed by atoms with Crippen molar-refractivity contribution in [3.8, 4) is 0 Å². The molecule has 24 heavy (non-hydrogen) atoms. The normalized spacial score (nSPS) is 21.0. The van der Waals surface area contributed by atoms with E-state index in [0.717, 1.165) is 18.1 Å². The van der Waals surface area contributed by atoms with Gasteiger partial charge in [0.05, 0.1) is 13.0 Å². The van der Waals surface area contributed by atoms with Crippen molar-refractivity contribution in [3.63, 3.8) is 0 Å². The SMILES string of the molecule is CN=C(NCCc1ccc(F)cc1Cl)N1CC(C)C(C(=O)OC)C1. The van der Waals surface area contributed by atoms with Crippen LogP contribution in [0, 0.1) is 17.7 Å². The first kappa shape index (κ1) is 18.5. The molecule has 2 atom stereocenters. The fourth-order valence-corrected chi connectivity index (χ4v) is 3.23. The lowest BCUT2D eigenvalue weighted by molar-refractivity contribution is -0.145. The van der Waals surface area contributed by atoms with Gasteiger partial charge in [-0.25, -0.2) is 4.39 Å². The number of rotatable bonds is 4. The largest absolute Gasteiger partial charge is 0.469 e. The Morgan fingerprint density at radius 3 is 2.88 bits per heavy atom. The molecule has 1 heterocycles. The molecule has 5 nitrogen and oxygen atoms in total. The molecule has 0 aliphatic carbocycles. The van der Waals surface area contributed by atoms with Gasteiger partial charge < -0.3 is 15.0 Å². The Bertz CT molecular complexity index is 624. The Balaban J connectivity index is 1.90. The van der Waals surface area contributed by atoms with Gasteiger partial charge in [0.25, 0.3) is 0 Å². The van der Waals surface area contributed by atoms with Crippen LogP contribution in [0.1, 0.15) is 12.5 Å². The number of methoxy groups -OCH3 is 1. The molecule has 1 aromatic carbocycles. The topological polar surface area (TPSA) is 53.9 Å². The van der Waals surface area contributed by atoms with Crippen molar-refractivity contribution >= 4 is 23.5 Å². The number of nitrogens with one attached hydrogen (secondary N) is 1. The van der Waals surface area contributed by atoms with Crippen LogP contribution in [0.5, 0.6) is 0 Å². The zero-order valence-electron chi connectivity index (χ0n) is 14.2. The Morgan fingerprint density at radius 2 is 2.25 bits per heavy atom. The molecule has 0 bridgehead atoms. The van der Waals surface area contributed by atoms with Crippen LogP contribution >= 0.6 is 11.6 Å². The Hall–Kier alpha value is -1.82. The first-order valence-corrected chi connectivity index (χ1v) is 8.31. The number of aliphatic imine (C=N–C) groups is 1. The third-order valence-electron chi connectivity index (χ3n) is 4.32. The second-order valence-electron chi connectivity index (χ2n) is 5.97. The van der Waals surface area contributed by atoms with Crippen LogP contribution in [0.4, 0.5) is 4.39 Å². The van der Waals surface area contributed by atoms with Crippen molar-refractivity contribution < 1.29 is 13.9 Å². The molecule has 1 N–H and O–H groups in total. The molecule has 132 valence electrons. The van der Waals surface area contributed by atoms with Crippen molar-refractivity contribution in [2.75, 3.05) is 33.8 Å². The predicted octanol–water partition coefficient (Wildman–Crippen LogP) is 2.34. The number of benzene rings is 1. The number of ether oxygens (including phenoxy) is 1. The third kappa shape index (κ3) is 4.38. The molecule has 1 aliphatic rings. The fraction of sp³-hybridized carbons (Fsp3) is 0.529. The number of hydrogen-bond acceptors (Lipinski definition) is 3. The van der Waals surface area contributed by atoms with Gasteiger partial charge in [0.1, 0.15) is 5.82 Å². The minimum atomic E-state index is -0.340. The van der Waals surface area contributed by atoms with Gasteiger partial charge in [-0.2, -0.15) is 0 Å². The summed E-state index contributed by atoms with van der Waals surface area (Å²) >= 11 is 6.04. The van der Waals surface area contributed by atoms with E-state index in [9.17, 15) is 9.18 Å². The van der Waals surface area contributed by atoms with Gasteiger partial charge in [0, 0.05) is 31.7 Å². The molecule has 7 heteroatoms. The monoisotopic (exact) mass is 355 g/mol. The highest BCUT2D eigenvalue weighted by Gasteiger charge is 2.36. The average Bonchev–Trinajstić information content (AvgIpc) is 2.94. The molecule has 0 saturated carbocycles. The van der Waals surface area contributed by atoms with Crippen molar-refractivity contribution in [2.45, 2.75) is 13.3 Å². The zero-order valence-corrected chi connectivity index (χ0v) is 14.9. The minimum absolute atomic E-state index is 0.139. The first-order valence-electron chi connectivity index (χ1n) is 7.93. The predicted molar refractivity (Wildman–Crippen MR) is 92.7 cm³/mol.